The second-order valence-electron chi connectivity index (χ2n) is 6.65. The van der Waals surface area contributed by atoms with E-state index in [-0.39, 0.29) is 11.9 Å². The van der Waals surface area contributed by atoms with Crippen molar-refractivity contribution in [3.8, 4) is 0 Å². The SMILES string of the molecule is CC(N)CC(=O)N1CCCC1CCC1CCCCC1. The van der Waals surface area contributed by atoms with Crippen molar-refractivity contribution < 1.29 is 4.79 Å². The first kappa shape index (κ1) is 14.8. The molecular formula is C16H30N2O. The number of carbonyl (C=O) groups is 1. The quantitative estimate of drug-likeness (QED) is 0.831. The molecule has 0 radical (unpaired) electrons. The largest absolute Gasteiger partial charge is 0.340 e. The standard InChI is InChI=1S/C16H30N2O/c1-13(17)12-16(19)18-11-5-8-15(18)10-9-14-6-3-2-4-7-14/h13-15H,2-12,17H2,1H3. The Bertz CT molecular complexity index is 284. The molecule has 3 nitrogen and oxygen atoms in total. The van der Waals surface area contributed by atoms with Crippen molar-refractivity contribution in [3.05, 3.63) is 0 Å². The van der Waals surface area contributed by atoms with Gasteiger partial charge in [-0.2, -0.15) is 0 Å². The number of rotatable bonds is 5. The summed E-state index contributed by atoms with van der Waals surface area (Å²) in [6.45, 7) is 2.88. The highest BCUT2D eigenvalue weighted by atomic mass is 16.2. The molecule has 1 aliphatic carbocycles. The smallest absolute Gasteiger partial charge is 0.224 e. The van der Waals surface area contributed by atoms with Gasteiger partial charge in [0.25, 0.3) is 0 Å². The summed E-state index contributed by atoms with van der Waals surface area (Å²) in [5, 5.41) is 0. The molecule has 1 amide bonds. The fourth-order valence-electron chi connectivity index (χ4n) is 3.76. The molecule has 0 aromatic rings. The van der Waals surface area contributed by atoms with E-state index >= 15 is 0 Å². The summed E-state index contributed by atoms with van der Waals surface area (Å²) >= 11 is 0. The summed E-state index contributed by atoms with van der Waals surface area (Å²) in [5.41, 5.74) is 5.75. The van der Waals surface area contributed by atoms with Gasteiger partial charge < -0.3 is 10.6 Å². The molecular weight excluding hydrogens is 236 g/mol. The van der Waals surface area contributed by atoms with E-state index < -0.39 is 0 Å². The number of nitrogens with two attached hydrogens (primary N) is 1. The van der Waals surface area contributed by atoms with Gasteiger partial charge in [0, 0.05) is 25.0 Å². The zero-order valence-corrected chi connectivity index (χ0v) is 12.4. The van der Waals surface area contributed by atoms with E-state index in [0.29, 0.717) is 12.5 Å². The van der Waals surface area contributed by atoms with Crippen LogP contribution < -0.4 is 5.73 Å². The predicted molar refractivity (Wildman–Crippen MR) is 78.8 cm³/mol. The maximum atomic E-state index is 12.2. The zero-order chi connectivity index (χ0) is 13.7. The van der Waals surface area contributed by atoms with Crippen molar-refractivity contribution in [2.24, 2.45) is 11.7 Å². The van der Waals surface area contributed by atoms with Crippen LogP contribution in [-0.4, -0.2) is 29.4 Å². The number of amides is 1. The Hall–Kier alpha value is -0.570. The van der Waals surface area contributed by atoms with E-state index in [1.165, 1.54) is 57.8 Å². The fourth-order valence-corrected chi connectivity index (χ4v) is 3.76. The van der Waals surface area contributed by atoms with Gasteiger partial charge in [-0.15, -0.1) is 0 Å². The lowest BCUT2D eigenvalue weighted by atomic mass is 9.85. The zero-order valence-electron chi connectivity index (χ0n) is 12.4. The van der Waals surface area contributed by atoms with E-state index in [4.69, 9.17) is 5.73 Å². The van der Waals surface area contributed by atoms with Gasteiger partial charge in [0.1, 0.15) is 0 Å². The maximum absolute atomic E-state index is 12.2. The van der Waals surface area contributed by atoms with Crippen molar-refractivity contribution in [1.82, 2.24) is 4.90 Å². The lowest BCUT2D eigenvalue weighted by Gasteiger charge is -2.28. The van der Waals surface area contributed by atoms with Crippen LogP contribution in [0.1, 0.15) is 71.1 Å². The van der Waals surface area contributed by atoms with Crippen molar-refractivity contribution in [2.45, 2.75) is 83.2 Å². The topological polar surface area (TPSA) is 46.3 Å². The predicted octanol–water partition coefficient (Wildman–Crippen LogP) is 3.08. The molecule has 2 atom stereocenters. The van der Waals surface area contributed by atoms with Gasteiger partial charge in [0.15, 0.2) is 0 Å². The average molecular weight is 266 g/mol. The van der Waals surface area contributed by atoms with Crippen LogP contribution >= 0.6 is 0 Å². The number of hydrogen-bond acceptors (Lipinski definition) is 2. The van der Waals surface area contributed by atoms with Crippen molar-refractivity contribution in [3.63, 3.8) is 0 Å². The molecule has 2 rings (SSSR count). The fraction of sp³-hybridized carbons (Fsp3) is 0.938. The summed E-state index contributed by atoms with van der Waals surface area (Å²) < 4.78 is 0. The molecule has 1 aliphatic heterocycles. The van der Waals surface area contributed by atoms with E-state index in [1.807, 2.05) is 6.92 Å². The third-order valence-corrected chi connectivity index (χ3v) is 4.83. The van der Waals surface area contributed by atoms with Crippen LogP contribution in [0, 0.1) is 5.92 Å². The minimum atomic E-state index is -0.00732. The van der Waals surface area contributed by atoms with Gasteiger partial charge >= 0.3 is 0 Å². The lowest BCUT2D eigenvalue weighted by Crippen LogP contribution is -2.38. The Morgan fingerprint density at radius 2 is 1.89 bits per heavy atom. The Labute approximate surface area is 117 Å². The van der Waals surface area contributed by atoms with Gasteiger partial charge in [-0.1, -0.05) is 32.1 Å². The Kier molecular flexibility index (Phi) is 5.68. The number of nitrogens with zero attached hydrogens (tertiary/aromatic N) is 1. The molecule has 0 aromatic carbocycles. The van der Waals surface area contributed by atoms with E-state index in [0.717, 1.165) is 12.5 Å². The van der Waals surface area contributed by atoms with Crippen LogP contribution in [0.4, 0.5) is 0 Å². The highest BCUT2D eigenvalue weighted by Crippen LogP contribution is 2.30. The molecule has 3 heteroatoms. The molecule has 110 valence electrons. The molecule has 1 heterocycles. The second-order valence-corrected chi connectivity index (χ2v) is 6.65. The average Bonchev–Trinajstić information content (AvgIpc) is 2.85. The van der Waals surface area contributed by atoms with Crippen LogP contribution in [0.25, 0.3) is 0 Å². The first-order chi connectivity index (χ1) is 9.16. The first-order valence-corrected chi connectivity index (χ1v) is 8.22. The second kappa shape index (κ2) is 7.28. The van der Waals surface area contributed by atoms with E-state index in [9.17, 15) is 4.79 Å². The normalized spacial score (nSPS) is 26.6. The summed E-state index contributed by atoms with van der Waals surface area (Å²) in [6.07, 6.45) is 12.5. The maximum Gasteiger partial charge on any atom is 0.224 e. The van der Waals surface area contributed by atoms with Crippen molar-refractivity contribution in [2.75, 3.05) is 6.54 Å². The van der Waals surface area contributed by atoms with Crippen LogP contribution in [-0.2, 0) is 4.79 Å². The van der Waals surface area contributed by atoms with Crippen LogP contribution in [0.3, 0.4) is 0 Å². The third-order valence-electron chi connectivity index (χ3n) is 4.83. The molecule has 0 aromatic heterocycles. The van der Waals surface area contributed by atoms with Gasteiger partial charge in [-0.25, -0.2) is 0 Å². The summed E-state index contributed by atoms with van der Waals surface area (Å²) in [5.74, 6) is 1.21. The van der Waals surface area contributed by atoms with Crippen molar-refractivity contribution in [1.29, 1.82) is 0 Å². The molecule has 1 saturated heterocycles. The molecule has 2 unspecified atom stereocenters. The molecule has 2 N–H and O–H groups in total. The number of hydrogen-bond donors (Lipinski definition) is 1. The number of carbonyl (C=O) groups excluding carboxylic acids is 1. The monoisotopic (exact) mass is 266 g/mol. The van der Waals surface area contributed by atoms with Gasteiger partial charge in [-0.05, 0) is 38.5 Å². The van der Waals surface area contributed by atoms with Crippen LogP contribution in [0.2, 0.25) is 0 Å². The van der Waals surface area contributed by atoms with Gasteiger partial charge in [0.05, 0.1) is 0 Å². The van der Waals surface area contributed by atoms with Crippen molar-refractivity contribution >= 4 is 5.91 Å². The van der Waals surface area contributed by atoms with Crippen LogP contribution in [0.15, 0.2) is 0 Å². The van der Waals surface area contributed by atoms with E-state index in [1.54, 1.807) is 0 Å². The Morgan fingerprint density at radius 1 is 1.16 bits per heavy atom. The molecule has 2 fully saturated rings. The molecule has 2 aliphatic rings. The van der Waals surface area contributed by atoms with E-state index in [2.05, 4.69) is 4.90 Å². The number of likely N-dealkylation sites (tertiary alicyclic amines) is 1. The molecule has 0 spiro atoms. The highest BCUT2D eigenvalue weighted by Gasteiger charge is 2.29. The van der Waals surface area contributed by atoms with Gasteiger partial charge in [-0.3, -0.25) is 4.79 Å². The lowest BCUT2D eigenvalue weighted by molar-refractivity contribution is -0.132. The summed E-state index contributed by atoms with van der Waals surface area (Å²) in [4.78, 5) is 14.3. The first-order valence-electron chi connectivity index (χ1n) is 8.22. The minimum absolute atomic E-state index is 0.00732. The summed E-state index contributed by atoms with van der Waals surface area (Å²) in [6, 6.07) is 0.500. The van der Waals surface area contributed by atoms with Gasteiger partial charge in [0.2, 0.25) is 5.91 Å². The Morgan fingerprint density at radius 3 is 2.58 bits per heavy atom. The molecule has 1 saturated carbocycles. The van der Waals surface area contributed by atoms with Crippen LogP contribution in [0.5, 0.6) is 0 Å². The third kappa shape index (κ3) is 4.48. The summed E-state index contributed by atoms with van der Waals surface area (Å²) in [7, 11) is 0. The highest BCUT2D eigenvalue weighted by molar-refractivity contribution is 5.77. The Balaban J connectivity index is 1.76. The molecule has 0 bridgehead atoms. The minimum Gasteiger partial charge on any atom is -0.340 e. The molecule has 19 heavy (non-hydrogen) atoms.